The molecule has 11 heteroatoms. The molecule has 0 radical (unpaired) electrons. The summed E-state index contributed by atoms with van der Waals surface area (Å²) in [6.07, 6.45) is 5.98. The molecule has 0 aliphatic heterocycles. The average Bonchev–Trinajstić information content (AvgIpc) is 3.31. The number of carbonyl (C=O) groups excluding carboxylic acids is 1. The number of nitrogens with zero attached hydrogens (tertiary/aromatic N) is 4. The van der Waals surface area contributed by atoms with Gasteiger partial charge in [-0.2, -0.15) is 5.10 Å². The van der Waals surface area contributed by atoms with Gasteiger partial charge >= 0.3 is 0 Å². The van der Waals surface area contributed by atoms with Crippen LogP contribution in [0.3, 0.4) is 0 Å². The Labute approximate surface area is 222 Å². The zero-order chi connectivity index (χ0) is 26.8. The molecule has 0 bridgehead atoms. The molecule has 2 heterocycles. The quantitative estimate of drug-likeness (QED) is 0.180. The molecule has 0 saturated heterocycles. The second-order valence-electron chi connectivity index (χ2n) is 8.67. The topological polar surface area (TPSA) is 112 Å². The summed E-state index contributed by atoms with van der Waals surface area (Å²) in [5.74, 6) is 3.54. The first-order valence-corrected chi connectivity index (χ1v) is 13.2. The van der Waals surface area contributed by atoms with Crippen LogP contribution >= 0.6 is 11.8 Å². The number of carbonyl (C=O) groups is 1. The minimum Gasteiger partial charge on any atom is -0.493 e. The van der Waals surface area contributed by atoms with Crippen molar-refractivity contribution in [2.45, 2.75) is 38.9 Å². The summed E-state index contributed by atoms with van der Waals surface area (Å²) in [7, 11) is 4.65. The lowest BCUT2D eigenvalue weighted by molar-refractivity contribution is -0.116. The molecule has 2 N–H and O–H groups in total. The van der Waals surface area contributed by atoms with Crippen molar-refractivity contribution in [1.29, 1.82) is 0 Å². The van der Waals surface area contributed by atoms with Crippen molar-refractivity contribution < 1.29 is 19.0 Å². The Bertz CT molecular complexity index is 1200. The number of fused-ring (bicyclic) bond motifs is 1. The summed E-state index contributed by atoms with van der Waals surface area (Å²) in [6, 6.07) is 3.56. The van der Waals surface area contributed by atoms with E-state index >= 15 is 0 Å². The van der Waals surface area contributed by atoms with Crippen molar-refractivity contribution in [3.05, 3.63) is 30.0 Å². The maximum atomic E-state index is 12.5. The van der Waals surface area contributed by atoms with Gasteiger partial charge in [0.25, 0.3) is 0 Å². The molecule has 3 rings (SSSR count). The van der Waals surface area contributed by atoms with Gasteiger partial charge in [0, 0.05) is 24.9 Å². The highest BCUT2D eigenvalue weighted by molar-refractivity contribution is 7.99. The van der Waals surface area contributed by atoms with E-state index in [1.807, 2.05) is 0 Å². The minimum absolute atomic E-state index is 0.224. The number of aromatic nitrogens is 4. The van der Waals surface area contributed by atoms with Gasteiger partial charge in [-0.25, -0.2) is 14.6 Å². The lowest BCUT2D eigenvalue weighted by atomic mass is 10.1. The van der Waals surface area contributed by atoms with Crippen molar-refractivity contribution >= 4 is 40.6 Å². The monoisotopic (exact) mass is 528 g/mol. The number of methoxy groups -OCH3 is 3. The number of ether oxygens (including phenoxy) is 3. The fourth-order valence-electron chi connectivity index (χ4n) is 3.51. The van der Waals surface area contributed by atoms with E-state index in [1.165, 1.54) is 6.08 Å². The minimum atomic E-state index is -0.224. The summed E-state index contributed by atoms with van der Waals surface area (Å²) in [4.78, 5) is 21.9. The van der Waals surface area contributed by atoms with Gasteiger partial charge in [0.15, 0.2) is 22.3 Å². The van der Waals surface area contributed by atoms with Gasteiger partial charge in [-0.1, -0.05) is 32.5 Å². The van der Waals surface area contributed by atoms with Gasteiger partial charge < -0.3 is 24.8 Å². The molecule has 37 heavy (non-hydrogen) atoms. The summed E-state index contributed by atoms with van der Waals surface area (Å²) < 4.78 is 17.9. The van der Waals surface area contributed by atoms with Crippen LogP contribution < -0.4 is 24.8 Å². The van der Waals surface area contributed by atoms with Gasteiger partial charge in [0.1, 0.15) is 5.82 Å². The third kappa shape index (κ3) is 7.51. The zero-order valence-electron chi connectivity index (χ0n) is 22.3. The van der Waals surface area contributed by atoms with E-state index in [9.17, 15) is 4.79 Å². The first-order valence-electron chi connectivity index (χ1n) is 12.3. The standard InChI is InChI=1S/C26H36N6O4S/c1-7-12-37-26-30-24(28-15-17(2)3)19-16-29-32(25(19)31-26)11-10-27-22(33)9-8-18-13-20(34-4)23(36-6)21(14-18)35-5/h8-9,13-14,16-17H,7,10-12,15H2,1-6H3,(H,27,33)(H,28,30,31)/b9-8-. The van der Waals surface area contributed by atoms with Crippen molar-refractivity contribution in [3.8, 4) is 17.2 Å². The highest BCUT2D eigenvalue weighted by Gasteiger charge is 2.14. The number of anilines is 1. The van der Waals surface area contributed by atoms with Crippen LogP contribution in [0, 0.1) is 5.92 Å². The molecule has 2 aromatic heterocycles. The maximum absolute atomic E-state index is 12.5. The first-order chi connectivity index (χ1) is 17.9. The lowest BCUT2D eigenvalue weighted by Gasteiger charge is -2.12. The van der Waals surface area contributed by atoms with Crippen LogP contribution in [-0.4, -0.2) is 65.8 Å². The van der Waals surface area contributed by atoms with E-state index in [0.717, 1.165) is 46.3 Å². The molecule has 3 aromatic rings. The van der Waals surface area contributed by atoms with Crippen molar-refractivity contribution in [3.63, 3.8) is 0 Å². The Balaban J connectivity index is 1.68. The number of amides is 1. The number of hydrogen-bond donors (Lipinski definition) is 2. The molecular weight excluding hydrogens is 492 g/mol. The third-order valence-electron chi connectivity index (χ3n) is 5.33. The molecule has 10 nitrogen and oxygen atoms in total. The average molecular weight is 529 g/mol. The fraction of sp³-hybridized carbons (Fsp3) is 0.462. The maximum Gasteiger partial charge on any atom is 0.244 e. The second kappa shape index (κ2) is 13.7. The van der Waals surface area contributed by atoms with Crippen molar-refractivity contribution in [1.82, 2.24) is 25.1 Å². The van der Waals surface area contributed by atoms with Gasteiger partial charge in [-0.05, 0) is 36.1 Å². The molecule has 200 valence electrons. The van der Waals surface area contributed by atoms with Crippen molar-refractivity contribution in [2.24, 2.45) is 5.92 Å². The van der Waals surface area contributed by atoms with Crippen LogP contribution in [0.5, 0.6) is 17.2 Å². The van der Waals surface area contributed by atoms with Gasteiger partial charge in [0.05, 0.1) is 39.5 Å². The van der Waals surface area contributed by atoms with E-state index in [1.54, 1.807) is 62.2 Å². The zero-order valence-corrected chi connectivity index (χ0v) is 23.1. The number of rotatable bonds is 14. The number of hydrogen-bond acceptors (Lipinski definition) is 9. The van der Waals surface area contributed by atoms with Crippen LogP contribution in [0.1, 0.15) is 32.8 Å². The van der Waals surface area contributed by atoms with E-state index in [4.69, 9.17) is 24.2 Å². The third-order valence-corrected chi connectivity index (χ3v) is 6.38. The van der Waals surface area contributed by atoms with Gasteiger partial charge in [-0.15, -0.1) is 0 Å². The molecule has 1 amide bonds. The Morgan fingerprint density at radius 2 is 1.86 bits per heavy atom. The van der Waals surface area contributed by atoms with Crippen LogP contribution in [-0.2, 0) is 11.3 Å². The fourth-order valence-corrected chi connectivity index (χ4v) is 4.20. The Morgan fingerprint density at radius 1 is 1.14 bits per heavy atom. The van der Waals surface area contributed by atoms with E-state index in [-0.39, 0.29) is 5.91 Å². The number of nitrogens with one attached hydrogen (secondary N) is 2. The summed E-state index contributed by atoms with van der Waals surface area (Å²) >= 11 is 1.63. The molecule has 1 aromatic carbocycles. The largest absolute Gasteiger partial charge is 0.493 e. The van der Waals surface area contributed by atoms with Crippen LogP contribution in [0.15, 0.2) is 29.6 Å². The summed E-state index contributed by atoms with van der Waals surface area (Å²) in [5.41, 5.74) is 1.50. The SMILES string of the molecule is CCCSc1nc(NCC(C)C)c2cnn(CCNC(=O)/C=C\c3cc(OC)c(OC)c(OC)c3)c2n1. The smallest absolute Gasteiger partial charge is 0.244 e. The predicted molar refractivity (Wildman–Crippen MR) is 148 cm³/mol. The highest BCUT2D eigenvalue weighted by atomic mass is 32.2. The molecule has 0 spiro atoms. The Kier molecular flexibility index (Phi) is 10.4. The van der Waals surface area contributed by atoms with Crippen molar-refractivity contribution in [2.75, 3.05) is 45.5 Å². The molecular formula is C26H36N6O4S. The first kappa shape index (κ1) is 28.1. The van der Waals surface area contributed by atoms with Crippen LogP contribution in [0.25, 0.3) is 17.1 Å². The number of thioether (sulfide) groups is 1. The van der Waals surface area contributed by atoms with Gasteiger partial charge in [0.2, 0.25) is 11.7 Å². The van der Waals surface area contributed by atoms with E-state index in [2.05, 4.69) is 36.5 Å². The van der Waals surface area contributed by atoms with Crippen LogP contribution in [0.2, 0.25) is 0 Å². The Morgan fingerprint density at radius 3 is 2.49 bits per heavy atom. The predicted octanol–water partition coefficient (Wildman–Crippen LogP) is 4.25. The molecule has 0 aliphatic rings. The van der Waals surface area contributed by atoms with Gasteiger partial charge in [-0.3, -0.25) is 4.79 Å². The van der Waals surface area contributed by atoms with Crippen LogP contribution in [0.4, 0.5) is 5.82 Å². The lowest BCUT2D eigenvalue weighted by Crippen LogP contribution is -2.25. The molecule has 0 atom stereocenters. The summed E-state index contributed by atoms with van der Waals surface area (Å²) in [6.45, 7) is 8.12. The summed E-state index contributed by atoms with van der Waals surface area (Å²) in [5, 5.41) is 12.4. The Hall–Kier alpha value is -3.47. The molecule has 0 fully saturated rings. The second-order valence-corrected chi connectivity index (χ2v) is 9.73. The van der Waals surface area contributed by atoms with E-state index in [0.29, 0.717) is 36.3 Å². The molecule has 0 aliphatic carbocycles. The number of benzene rings is 1. The molecule has 0 saturated carbocycles. The molecule has 0 unspecified atom stereocenters. The highest BCUT2D eigenvalue weighted by Crippen LogP contribution is 2.38. The normalized spacial score (nSPS) is 11.3. The van der Waals surface area contributed by atoms with E-state index < -0.39 is 0 Å².